The molecule has 0 heterocycles. The molecular weight excluding hydrogens is 200 g/mol. The molecule has 0 spiro atoms. The first-order chi connectivity index (χ1) is 7.59. The third-order valence-electron chi connectivity index (χ3n) is 4.96. The van der Waals surface area contributed by atoms with Crippen molar-refractivity contribution in [2.24, 2.45) is 17.3 Å². The molecule has 2 fully saturated rings. The summed E-state index contributed by atoms with van der Waals surface area (Å²) in [6.07, 6.45) is 6.50. The maximum Gasteiger partial charge on any atom is 0.136 e. The number of rotatable bonds is 3. The summed E-state index contributed by atoms with van der Waals surface area (Å²) in [5.74, 6) is 1.13. The fourth-order valence-electron chi connectivity index (χ4n) is 3.76. The minimum atomic E-state index is -0.0544. The monoisotopic (exact) mass is 222 g/mol. The van der Waals surface area contributed by atoms with E-state index in [9.17, 15) is 9.59 Å². The van der Waals surface area contributed by atoms with E-state index in [4.69, 9.17) is 0 Å². The van der Waals surface area contributed by atoms with Crippen LogP contribution < -0.4 is 0 Å². The Morgan fingerprint density at radius 3 is 1.75 bits per heavy atom. The molecule has 2 saturated carbocycles. The topological polar surface area (TPSA) is 34.1 Å². The van der Waals surface area contributed by atoms with Crippen LogP contribution in [0.2, 0.25) is 0 Å². The molecule has 2 rings (SSSR count). The molecule has 0 radical (unpaired) electrons. The highest BCUT2D eigenvalue weighted by atomic mass is 16.1. The zero-order valence-electron chi connectivity index (χ0n) is 10.4. The fourth-order valence-corrected chi connectivity index (χ4v) is 3.76. The molecule has 2 aliphatic carbocycles. The first-order valence-electron chi connectivity index (χ1n) is 6.65. The molecule has 2 atom stereocenters. The van der Waals surface area contributed by atoms with Gasteiger partial charge in [0.05, 0.1) is 0 Å². The van der Waals surface area contributed by atoms with Gasteiger partial charge in [-0.25, -0.2) is 0 Å². The number of hydrogen-bond donors (Lipinski definition) is 0. The lowest BCUT2D eigenvalue weighted by Gasteiger charge is -2.38. The van der Waals surface area contributed by atoms with Gasteiger partial charge in [-0.1, -0.05) is 13.8 Å². The molecule has 0 aromatic carbocycles. The van der Waals surface area contributed by atoms with Gasteiger partial charge in [0, 0.05) is 24.7 Å². The van der Waals surface area contributed by atoms with E-state index in [0.29, 0.717) is 11.6 Å². The summed E-state index contributed by atoms with van der Waals surface area (Å²) in [5, 5.41) is 0. The van der Waals surface area contributed by atoms with E-state index in [2.05, 4.69) is 13.8 Å². The van der Waals surface area contributed by atoms with E-state index in [-0.39, 0.29) is 17.3 Å². The van der Waals surface area contributed by atoms with Crippen molar-refractivity contribution < 1.29 is 9.59 Å². The summed E-state index contributed by atoms with van der Waals surface area (Å²) >= 11 is 0. The third-order valence-corrected chi connectivity index (χ3v) is 4.96. The van der Waals surface area contributed by atoms with Crippen molar-refractivity contribution in [2.45, 2.75) is 58.8 Å². The Morgan fingerprint density at radius 2 is 1.50 bits per heavy atom. The SMILES string of the molecule is CCC(C)(C1CCCC1=O)C1CCCC1=O. The van der Waals surface area contributed by atoms with Gasteiger partial charge in [0.2, 0.25) is 0 Å². The molecule has 2 aliphatic rings. The zero-order chi connectivity index (χ0) is 11.8. The average Bonchev–Trinajstić information content (AvgIpc) is 2.86. The highest BCUT2D eigenvalue weighted by Gasteiger charge is 2.48. The van der Waals surface area contributed by atoms with Crippen molar-refractivity contribution in [2.75, 3.05) is 0 Å². The van der Waals surface area contributed by atoms with Crippen LogP contribution in [0.5, 0.6) is 0 Å². The van der Waals surface area contributed by atoms with Gasteiger partial charge in [-0.2, -0.15) is 0 Å². The van der Waals surface area contributed by atoms with Crippen LogP contribution in [0.1, 0.15) is 58.8 Å². The highest BCUT2D eigenvalue weighted by molar-refractivity contribution is 5.87. The molecule has 0 aromatic rings. The number of Topliss-reactive ketones (excluding diaryl/α,β-unsaturated/α-hetero) is 2. The van der Waals surface area contributed by atoms with Gasteiger partial charge in [-0.05, 0) is 37.5 Å². The van der Waals surface area contributed by atoms with Crippen molar-refractivity contribution in [3.05, 3.63) is 0 Å². The predicted molar refractivity (Wildman–Crippen MR) is 63.1 cm³/mol. The van der Waals surface area contributed by atoms with E-state index < -0.39 is 0 Å². The first kappa shape index (κ1) is 11.8. The van der Waals surface area contributed by atoms with Crippen molar-refractivity contribution in [1.29, 1.82) is 0 Å². The van der Waals surface area contributed by atoms with Crippen LogP contribution >= 0.6 is 0 Å². The molecule has 2 unspecified atom stereocenters. The Kier molecular flexibility index (Phi) is 3.18. The molecule has 0 bridgehead atoms. The van der Waals surface area contributed by atoms with Crippen LogP contribution in [0.3, 0.4) is 0 Å². The molecule has 0 saturated heterocycles. The molecule has 90 valence electrons. The standard InChI is InChI=1S/C14H22O2/c1-3-14(2,10-6-4-8-12(10)15)11-7-5-9-13(11)16/h10-11H,3-9H2,1-2H3. The van der Waals surface area contributed by atoms with Crippen LogP contribution in [-0.4, -0.2) is 11.6 Å². The second-order valence-electron chi connectivity index (χ2n) is 5.68. The molecule has 16 heavy (non-hydrogen) atoms. The minimum Gasteiger partial charge on any atom is -0.299 e. The Hall–Kier alpha value is -0.660. The van der Waals surface area contributed by atoms with Crippen LogP contribution in [0.15, 0.2) is 0 Å². The summed E-state index contributed by atoms with van der Waals surface area (Å²) in [7, 11) is 0. The smallest absolute Gasteiger partial charge is 0.136 e. The largest absolute Gasteiger partial charge is 0.299 e. The molecule has 0 aliphatic heterocycles. The number of carbonyl (C=O) groups is 2. The zero-order valence-corrected chi connectivity index (χ0v) is 10.4. The normalized spacial score (nSPS) is 34.4. The van der Waals surface area contributed by atoms with Crippen LogP contribution in [0.25, 0.3) is 0 Å². The van der Waals surface area contributed by atoms with Gasteiger partial charge in [0.1, 0.15) is 11.6 Å². The molecule has 0 N–H and O–H groups in total. The summed E-state index contributed by atoms with van der Waals surface area (Å²) in [6.45, 7) is 4.31. The lowest BCUT2D eigenvalue weighted by atomic mass is 9.64. The second-order valence-corrected chi connectivity index (χ2v) is 5.68. The van der Waals surface area contributed by atoms with Crippen molar-refractivity contribution in [1.82, 2.24) is 0 Å². The van der Waals surface area contributed by atoms with Crippen molar-refractivity contribution in [3.63, 3.8) is 0 Å². The number of hydrogen-bond acceptors (Lipinski definition) is 2. The summed E-state index contributed by atoms with van der Waals surface area (Å²) in [5.41, 5.74) is -0.0544. The van der Waals surface area contributed by atoms with E-state index in [1.54, 1.807) is 0 Å². The summed E-state index contributed by atoms with van der Waals surface area (Å²) in [6, 6.07) is 0. The summed E-state index contributed by atoms with van der Waals surface area (Å²) < 4.78 is 0. The molecule has 2 heteroatoms. The van der Waals surface area contributed by atoms with Gasteiger partial charge < -0.3 is 0 Å². The van der Waals surface area contributed by atoms with Gasteiger partial charge in [-0.3, -0.25) is 9.59 Å². The molecule has 2 nitrogen and oxygen atoms in total. The van der Waals surface area contributed by atoms with Crippen LogP contribution in [0, 0.1) is 17.3 Å². The van der Waals surface area contributed by atoms with E-state index in [1.165, 1.54) is 0 Å². The fraction of sp³-hybridized carbons (Fsp3) is 0.857. The van der Waals surface area contributed by atoms with Crippen molar-refractivity contribution >= 4 is 11.6 Å². The number of ketones is 2. The maximum absolute atomic E-state index is 11.9. The Labute approximate surface area is 97.8 Å². The lowest BCUT2D eigenvalue weighted by Crippen LogP contribution is -2.39. The minimum absolute atomic E-state index is 0.0544. The molecule has 0 aromatic heterocycles. The van der Waals surface area contributed by atoms with E-state index in [1.807, 2.05) is 0 Å². The Bertz CT molecular complexity index is 280. The number of carbonyl (C=O) groups excluding carboxylic acids is 2. The summed E-state index contributed by atoms with van der Waals surface area (Å²) in [4.78, 5) is 23.9. The predicted octanol–water partition coefficient (Wildman–Crippen LogP) is 3.14. The second kappa shape index (κ2) is 4.31. The van der Waals surface area contributed by atoms with E-state index >= 15 is 0 Å². The highest BCUT2D eigenvalue weighted by Crippen LogP contribution is 2.49. The average molecular weight is 222 g/mol. The Balaban J connectivity index is 2.23. The Morgan fingerprint density at radius 1 is 1.06 bits per heavy atom. The van der Waals surface area contributed by atoms with Gasteiger partial charge in [0.15, 0.2) is 0 Å². The van der Waals surface area contributed by atoms with Gasteiger partial charge >= 0.3 is 0 Å². The quantitative estimate of drug-likeness (QED) is 0.735. The van der Waals surface area contributed by atoms with Gasteiger partial charge in [-0.15, -0.1) is 0 Å². The van der Waals surface area contributed by atoms with Gasteiger partial charge in [0.25, 0.3) is 0 Å². The van der Waals surface area contributed by atoms with Crippen molar-refractivity contribution in [3.8, 4) is 0 Å². The molecule has 0 amide bonds. The molecular formula is C14H22O2. The first-order valence-corrected chi connectivity index (χ1v) is 6.65. The maximum atomic E-state index is 11.9. The van der Waals surface area contributed by atoms with Crippen LogP contribution in [0.4, 0.5) is 0 Å². The van der Waals surface area contributed by atoms with E-state index in [0.717, 1.165) is 44.9 Å². The van der Waals surface area contributed by atoms with Crippen LogP contribution in [-0.2, 0) is 9.59 Å². The third kappa shape index (κ3) is 1.72. The lowest BCUT2D eigenvalue weighted by molar-refractivity contribution is -0.131.